The van der Waals surface area contributed by atoms with Crippen molar-refractivity contribution >= 4 is 5.97 Å². The van der Waals surface area contributed by atoms with Gasteiger partial charge in [0.05, 0.1) is 23.2 Å². The molecule has 0 fully saturated rings. The lowest BCUT2D eigenvalue weighted by Gasteiger charge is -2.22. The van der Waals surface area contributed by atoms with Gasteiger partial charge in [-0.2, -0.15) is 0 Å². The van der Waals surface area contributed by atoms with Gasteiger partial charge in [0.15, 0.2) is 0 Å². The van der Waals surface area contributed by atoms with Crippen LogP contribution in [-0.4, -0.2) is 15.1 Å². The van der Waals surface area contributed by atoms with Crippen molar-refractivity contribution in [3.63, 3.8) is 0 Å². The predicted octanol–water partition coefficient (Wildman–Crippen LogP) is 4.59. The highest BCUT2D eigenvalue weighted by Crippen LogP contribution is 2.24. The lowest BCUT2D eigenvalue weighted by molar-refractivity contribution is -0.143. The minimum absolute atomic E-state index is 0.0141. The number of rotatable bonds is 6. The fourth-order valence-corrected chi connectivity index (χ4v) is 3.70. The first-order valence-electron chi connectivity index (χ1n) is 11.5. The first-order valence-corrected chi connectivity index (χ1v) is 11.5. The molecule has 35 heavy (non-hydrogen) atoms. The van der Waals surface area contributed by atoms with Crippen molar-refractivity contribution in [3.05, 3.63) is 129 Å². The molecule has 0 aliphatic carbocycles. The molecule has 178 valence electrons. The number of esters is 1. The van der Waals surface area contributed by atoms with E-state index in [4.69, 9.17) is 4.74 Å². The Hall–Kier alpha value is -4.19. The lowest BCUT2D eigenvalue weighted by atomic mass is 9.97. The molecule has 6 heteroatoms. The van der Waals surface area contributed by atoms with E-state index in [0.717, 1.165) is 15.7 Å². The maximum absolute atomic E-state index is 13.8. The van der Waals surface area contributed by atoms with Crippen molar-refractivity contribution in [3.8, 4) is 11.6 Å². The third-order valence-corrected chi connectivity index (χ3v) is 5.61. The standard InChI is InChI=1S/C29H28N2O4/c1-29(2,3)27(33)35-26-24(19-21-13-7-4-8-14-21)25(32)31(23-17-11-6-12-18-23)28(34)30(26)20-22-15-9-5-10-16-22/h4-18H,19-20H2,1-3H3. The number of benzene rings is 3. The monoisotopic (exact) mass is 468 g/mol. The van der Waals surface area contributed by atoms with Crippen molar-refractivity contribution in [2.24, 2.45) is 5.41 Å². The van der Waals surface area contributed by atoms with Crippen LogP contribution in [0.15, 0.2) is 101 Å². The molecule has 1 heterocycles. The van der Waals surface area contributed by atoms with Crippen LogP contribution in [0.5, 0.6) is 5.88 Å². The van der Waals surface area contributed by atoms with E-state index < -0.39 is 22.6 Å². The molecule has 3 aromatic carbocycles. The summed E-state index contributed by atoms with van der Waals surface area (Å²) in [5, 5.41) is 0. The van der Waals surface area contributed by atoms with E-state index in [9.17, 15) is 14.4 Å². The maximum atomic E-state index is 13.8. The minimum atomic E-state index is -0.827. The number of nitrogens with zero attached hydrogens (tertiary/aromatic N) is 2. The van der Waals surface area contributed by atoms with Crippen molar-refractivity contribution in [2.45, 2.75) is 33.7 Å². The van der Waals surface area contributed by atoms with Gasteiger partial charge >= 0.3 is 11.7 Å². The van der Waals surface area contributed by atoms with Crippen LogP contribution in [0.2, 0.25) is 0 Å². The Morgan fingerprint density at radius 1 is 0.771 bits per heavy atom. The average molecular weight is 469 g/mol. The lowest BCUT2D eigenvalue weighted by Crippen LogP contribution is -2.42. The molecule has 0 saturated heterocycles. The molecule has 0 atom stereocenters. The van der Waals surface area contributed by atoms with Gasteiger partial charge in [0.25, 0.3) is 5.56 Å². The Kier molecular flexibility index (Phi) is 6.82. The summed E-state index contributed by atoms with van der Waals surface area (Å²) in [6.07, 6.45) is 0.203. The summed E-state index contributed by atoms with van der Waals surface area (Å²) in [6, 6.07) is 27.6. The van der Waals surface area contributed by atoms with Gasteiger partial charge in [-0.25, -0.2) is 9.36 Å². The maximum Gasteiger partial charge on any atom is 0.338 e. The van der Waals surface area contributed by atoms with E-state index in [1.54, 1.807) is 45.0 Å². The average Bonchev–Trinajstić information content (AvgIpc) is 2.85. The number of carbonyl (C=O) groups excluding carboxylic acids is 1. The van der Waals surface area contributed by atoms with Crippen molar-refractivity contribution in [1.29, 1.82) is 0 Å². The summed E-state index contributed by atoms with van der Waals surface area (Å²) >= 11 is 0. The highest BCUT2D eigenvalue weighted by Gasteiger charge is 2.29. The fourth-order valence-electron chi connectivity index (χ4n) is 3.70. The van der Waals surface area contributed by atoms with Crippen LogP contribution >= 0.6 is 0 Å². The molecular formula is C29H28N2O4. The second kappa shape index (κ2) is 9.97. The Morgan fingerprint density at radius 2 is 1.29 bits per heavy atom. The summed E-state index contributed by atoms with van der Waals surface area (Å²) in [5.74, 6) is -0.537. The Balaban J connectivity index is 2.02. The second-order valence-electron chi connectivity index (χ2n) is 9.42. The number of hydrogen-bond acceptors (Lipinski definition) is 4. The van der Waals surface area contributed by atoms with Crippen LogP contribution in [0.4, 0.5) is 0 Å². The van der Waals surface area contributed by atoms with Gasteiger partial charge in [-0.05, 0) is 44.0 Å². The normalized spacial score (nSPS) is 11.3. The molecule has 0 aliphatic rings. The van der Waals surface area contributed by atoms with Gasteiger partial charge in [0, 0.05) is 6.42 Å². The first kappa shape index (κ1) is 24.0. The zero-order valence-corrected chi connectivity index (χ0v) is 20.1. The Labute approximate surface area is 204 Å². The van der Waals surface area contributed by atoms with E-state index in [-0.39, 0.29) is 24.4 Å². The molecule has 0 saturated carbocycles. The molecular weight excluding hydrogens is 440 g/mol. The zero-order valence-electron chi connectivity index (χ0n) is 20.1. The van der Waals surface area contributed by atoms with E-state index in [2.05, 4.69) is 0 Å². The Bertz CT molecular complexity index is 1360. The van der Waals surface area contributed by atoms with Gasteiger partial charge in [0.1, 0.15) is 0 Å². The first-order chi connectivity index (χ1) is 16.8. The van der Waals surface area contributed by atoms with Crippen molar-refractivity contribution in [2.75, 3.05) is 0 Å². The van der Waals surface area contributed by atoms with Gasteiger partial charge < -0.3 is 4.74 Å². The van der Waals surface area contributed by atoms with Gasteiger partial charge in [-0.3, -0.25) is 14.2 Å². The summed E-state index contributed by atoms with van der Waals surface area (Å²) in [4.78, 5) is 40.6. The molecule has 0 amide bonds. The molecule has 1 aromatic heterocycles. The van der Waals surface area contributed by atoms with Crippen LogP contribution in [0.3, 0.4) is 0 Å². The SMILES string of the molecule is CC(C)(C)C(=O)Oc1c(Cc2ccccc2)c(=O)n(-c2ccccc2)c(=O)n1Cc1ccccc1. The smallest absolute Gasteiger partial charge is 0.338 e. The number of carbonyl (C=O) groups is 1. The minimum Gasteiger partial charge on any atom is -0.408 e. The van der Waals surface area contributed by atoms with Crippen LogP contribution in [0.1, 0.15) is 37.5 Å². The molecule has 0 bridgehead atoms. The molecule has 0 aliphatic heterocycles. The number of ether oxygens (including phenoxy) is 1. The van der Waals surface area contributed by atoms with Crippen LogP contribution in [-0.2, 0) is 17.8 Å². The molecule has 4 aromatic rings. The van der Waals surface area contributed by atoms with Crippen LogP contribution < -0.4 is 16.0 Å². The number of para-hydroxylation sites is 1. The highest BCUT2D eigenvalue weighted by atomic mass is 16.5. The zero-order chi connectivity index (χ0) is 25.0. The van der Waals surface area contributed by atoms with E-state index >= 15 is 0 Å². The predicted molar refractivity (Wildman–Crippen MR) is 136 cm³/mol. The summed E-state index contributed by atoms with van der Waals surface area (Å²) in [5.41, 5.74) is 0.491. The third kappa shape index (κ3) is 5.32. The van der Waals surface area contributed by atoms with Gasteiger partial charge in [0.2, 0.25) is 5.88 Å². The van der Waals surface area contributed by atoms with Gasteiger partial charge in [-0.1, -0.05) is 78.9 Å². The third-order valence-electron chi connectivity index (χ3n) is 5.61. The molecule has 0 radical (unpaired) electrons. The molecule has 6 nitrogen and oxygen atoms in total. The van der Waals surface area contributed by atoms with Crippen molar-refractivity contribution < 1.29 is 9.53 Å². The molecule has 0 unspecified atom stereocenters. The summed E-state index contributed by atoms with van der Waals surface area (Å²) < 4.78 is 8.38. The van der Waals surface area contributed by atoms with E-state index in [1.165, 1.54) is 4.57 Å². The largest absolute Gasteiger partial charge is 0.408 e. The van der Waals surface area contributed by atoms with Gasteiger partial charge in [-0.15, -0.1) is 0 Å². The summed E-state index contributed by atoms with van der Waals surface area (Å²) in [7, 11) is 0. The number of aromatic nitrogens is 2. The quantitative estimate of drug-likeness (QED) is 0.388. The van der Waals surface area contributed by atoms with Crippen molar-refractivity contribution in [1.82, 2.24) is 9.13 Å². The van der Waals surface area contributed by atoms with Crippen LogP contribution in [0.25, 0.3) is 5.69 Å². The molecule has 4 rings (SSSR count). The van der Waals surface area contributed by atoms with Crippen LogP contribution in [0, 0.1) is 5.41 Å². The summed E-state index contributed by atoms with van der Waals surface area (Å²) in [6.45, 7) is 5.34. The fraction of sp³-hybridized carbons (Fsp3) is 0.207. The molecule has 0 N–H and O–H groups in total. The highest BCUT2D eigenvalue weighted by molar-refractivity contribution is 5.77. The second-order valence-corrected chi connectivity index (χ2v) is 9.42. The van der Waals surface area contributed by atoms with E-state index in [0.29, 0.717) is 5.69 Å². The Morgan fingerprint density at radius 3 is 1.83 bits per heavy atom. The topological polar surface area (TPSA) is 70.3 Å². The van der Waals surface area contributed by atoms with E-state index in [1.807, 2.05) is 66.7 Å². The number of hydrogen-bond donors (Lipinski definition) is 0. The molecule has 0 spiro atoms.